The van der Waals surface area contributed by atoms with Gasteiger partial charge in [0.2, 0.25) is 5.82 Å². The molecule has 4 nitrogen and oxygen atoms in total. The van der Waals surface area contributed by atoms with Gasteiger partial charge in [-0.1, -0.05) is 46.9 Å². The van der Waals surface area contributed by atoms with Gasteiger partial charge in [0, 0.05) is 17.4 Å². The average molecular weight is 338 g/mol. The molecule has 3 rings (SSSR count). The highest BCUT2D eigenvalue weighted by atomic mass is 35.5. The van der Waals surface area contributed by atoms with Gasteiger partial charge in [-0.3, -0.25) is 0 Å². The Labute approximate surface area is 135 Å². The molecule has 3 aromatic rings. The summed E-state index contributed by atoms with van der Waals surface area (Å²) in [6, 6.07) is 8.85. The van der Waals surface area contributed by atoms with Crippen molar-refractivity contribution >= 4 is 34.8 Å². The number of hydrogen-bond acceptors (Lipinski definition) is 4. The van der Waals surface area contributed by atoms with Crippen LogP contribution in [0.5, 0.6) is 0 Å². The van der Waals surface area contributed by atoms with Crippen molar-refractivity contribution in [3.05, 3.63) is 58.1 Å². The maximum atomic E-state index is 6.24. The predicted molar refractivity (Wildman–Crippen MR) is 83.5 cm³/mol. The fourth-order valence-electron chi connectivity index (χ4n) is 1.80. The molecule has 0 radical (unpaired) electrons. The number of aromatic nitrogens is 4. The van der Waals surface area contributed by atoms with Crippen LogP contribution < -0.4 is 0 Å². The SMILES string of the molecule is Clc1cccc(-c2c(Cl)nc(-c3ncccn3)nc2Cl)c1. The molecule has 0 saturated heterocycles. The maximum Gasteiger partial charge on any atom is 0.200 e. The van der Waals surface area contributed by atoms with E-state index in [1.807, 2.05) is 6.07 Å². The van der Waals surface area contributed by atoms with Gasteiger partial charge in [-0.05, 0) is 23.8 Å². The van der Waals surface area contributed by atoms with Crippen molar-refractivity contribution in [2.75, 3.05) is 0 Å². The van der Waals surface area contributed by atoms with E-state index in [9.17, 15) is 0 Å². The Hall–Kier alpha value is -1.75. The zero-order valence-corrected chi connectivity index (χ0v) is 12.7. The van der Waals surface area contributed by atoms with Crippen LogP contribution in [-0.2, 0) is 0 Å². The lowest BCUT2D eigenvalue weighted by atomic mass is 10.1. The van der Waals surface area contributed by atoms with Crippen LogP contribution in [0.2, 0.25) is 15.3 Å². The average Bonchev–Trinajstić information content (AvgIpc) is 2.47. The second kappa shape index (κ2) is 5.93. The van der Waals surface area contributed by atoms with Gasteiger partial charge in [0.05, 0.1) is 5.56 Å². The molecule has 0 aliphatic carbocycles. The van der Waals surface area contributed by atoms with Gasteiger partial charge in [-0.15, -0.1) is 0 Å². The van der Waals surface area contributed by atoms with Crippen molar-refractivity contribution < 1.29 is 0 Å². The quantitative estimate of drug-likeness (QED) is 0.643. The molecule has 0 unspecified atom stereocenters. The summed E-state index contributed by atoms with van der Waals surface area (Å²) in [5, 5.41) is 1.02. The first-order chi connectivity index (χ1) is 10.1. The molecule has 0 N–H and O–H groups in total. The fourth-order valence-corrected chi connectivity index (χ4v) is 2.60. The van der Waals surface area contributed by atoms with Gasteiger partial charge in [0.25, 0.3) is 0 Å². The summed E-state index contributed by atoms with van der Waals surface area (Å²) in [5.41, 5.74) is 1.28. The van der Waals surface area contributed by atoms with Gasteiger partial charge >= 0.3 is 0 Å². The third-order valence-electron chi connectivity index (χ3n) is 2.70. The van der Waals surface area contributed by atoms with Crippen molar-refractivity contribution in [2.24, 2.45) is 0 Å². The first-order valence-corrected chi connectivity index (χ1v) is 7.05. The van der Waals surface area contributed by atoms with E-state index in [0.717, 1.165) is 5.56 Å². The molecular weight excluding hydrogens is 331 g/mol. The molecule has 0 bridgehead atoms. The van der Waals surface area contributed by atoms with Crippen LogP contribution in [0.3, 0.4) is 0 Å². The van der Waals surface area contributed by atoms with Crippen LogP contribution in [0.25, 0.3) is 22.8 Å². The molecule has 0 aliphatic rings. The molecule has 1 aromatic carbocycles. The topological polar surface area (TPSA) is 51.6 Å². The number of hydrogen-bond donors (Lipinski definition) is 0. The molecule has 0 fully saturated rings. The largest absolute Gasteiger partial charge is 0.234 e. The molecular formula is C14H7Cl3N4. The second-order valence-electron chi connectivity index (χ2n) is 4.09. The van der Waals surface area contributed by atoms with Crippen molar-refractivity contribution in [1.82, 2.24) is 19.9 Å². The van der Waals surface area contributed by atoms with Crippen LogP contribution in [0.4, 0.5) is 0 Å². The predicted octanol–water partition coefficient (Wildman–Crippen LogP) is 4.56. The lowest BCUT2D eigenvalue weighted by Gasteiger charge is -2.08. The standard InChI is InChI=1S/C14H7Cl3N4/c15-9-4-1-3-8(7-9)10-11(16)20-14(21-12(10)17)13-18-5-2-6-19-13/h1-7H. The van der Waals surface area contributed by atoms with Crippen LogP contribution >= 0.6 is 34.8 Å². The van der Waals surface area contributed by atoms with E-state index >= 15 is 0 Å². The van der Waals surface area contributed by atoms with E-state index in [-0.39, 0.29) is 16.1 Å². The highest BCUT2D eigenvalue weighted by Gasteiger charge is 2.16. The molecule has 2 aromatic heterocycles. The van der Waals surface area contributed by atoms with E-state index < -0.39 is 0 Å². The minimum Gasteiger partial charge on any atom is -0.234 e. The maximum absolute atomic E-state index is 6.24. The van der Waals surface area contributed by atoms with Gasteiger partial charge in [0.15, 0.2) is 5.82 Å². The fraction of sp³-hybridized carbons (Fsp3) is 0. The number of benzene rings is 1. The molecule has 0 aliphatic heterocycles. The second-order valence-corrected chi connectivity index (χ2v) is 5.24. The summed E-state index contributed by atoms with van der Waals surface area (Å²) in [6.07, 6.45) is 3.19. The summed E-state index contributed by atoms with van der Waals surface area (Å²) in [6.45, 7) is 0. The first-order valence-electron chi connectivity index (χ1n) is 5.91. The van der Waals surface area contributed by atoms with E-state index in [2.05, 4.69) is 19.9 Å². The van der Waals surface area contributed by atoms with Crippen molar-refractivity contribution in [3.8, 4) is 22.8 Å². The number of rotatable bonds is 2. The number of nitrogens with zero attached hydrogens (tertiary/aromatic N) is 4. The molecule has 0 spiro atoms. The van der Waals surface area contributed by atoms with Gasteiger partial charge in [0.1, 0.15) is 10.3 Å². The Balaban J connectivity index is 2.13. The number of halogens is 3. The van der Waals surface area contributed by atoms with Crippen LogP contribution in [0.1, 0.15) is 0 Å². The van der Waals surface area contributed by atoms with Crippen molar-refractivity contribution in [2.45, 2.75) is 0 Å². The van der Waals surface area contributed by atoms with E-state index in [0.29, 0.717) is 16.4 Å². The lowest BCUT2D eigenvalue weighted by Crippen LogP contribution is -1.97. The molecule has 0 saturated carbocycles. The zero-order valence-electron chi connectivity index (χ0n) is 10.5. The third-order valence-corrected chi connectivity index (χ3v) is 3.48. The van der Waals surface area contributed by atoms with Gasteiger partial charge in [-0.2, -0.15) is 0 Å². The highest BCUT2D eigenvalue weighted by molar-refractivity contribution is 6.38. The third kappa shape index (κ3) is 2.97. The van der Waals surface area contributed by atoms with E-state index in [4.69, 9.17) is 34.8 Å². The Morgan fingerprint density at radius 2 is 1.43 bits per heavy atom. The lowest BCUT2D eigenvalue weighted by molar-refractivity contribution is 1.08. The summed E-state index contributed by atoms with van der Waals surface area (Å²) in [4.78, 5) is 16.6. The van der Waals surface area contributed by atoms with E-state index in [1.54, 1.807) is 36.7 Å². The Kier molecular flexibility index (Phi) is 4.01. The molecule has 104 valence electrons. The summed E-state index contributed by atoms with van der Waals surface area (Å²) < 4.78 is 0. The van der Waals surface area contributed by atoms with Gasteiger partial charge < -0.3 is 0 Å². The highest BCUT2D eigenvalue weighted by Crippen LogP contribution is 2.34. The Morgan fingerprint density at radius 1 is 0.762 bits per heavy atom. The first kappa shape index (κ1) is 14.2. The van der Waals surface area contributed by atoms with Crippen LogP contribution in [0.15, 0.2) is 42.7 Å². The smallest absolute Gasteiger partial charge is 0.200 e. The Bertz CT molecular complexity index is 770. The molecule has 2 heterocycles. The normalized spacial score (nSPS) is 10.6. The summed E-state index contributed by atoms with van der Waals surface area (Å²) in [7, 11) is 0. The Morgan fingerprint density at radius 3 is 2.05 bits per heavy atom. The molecule has 0 atom stereocenters. The molecule has 7 heteroatoms. The van der Waals surface area contributed by atoms with Crippen molar-refractivity contribution in [3.63, 3.8) is 0 Å². The van der Waals surface area contributed by atoms with E-state index in [1.165, 1.54) is 0 Å². The summed E-state index contributed by atoms with van der Waals surface area (Å²) in [5.74, 6) is 0.635. The minimum absolute atomic E-state index is 0.222. The monoisotopic (exact) mass is 336 g/mol. The molecule has 0 amide bonds. The summed E-state index contributed by atoms with van der Waals surface area (Å²) >= 11 is 18.5. The van der Waals surface area contributed by atoms with Gasteiger partial charge in [-0.25, -0.2) is 19.9 Å². The van der Waals surface area contributed by atoms with Crippen LogP contribution in [0, 0.1) is 0 Å². The minimum atomic E-state index is 0.222. The van der Waals surface area contributed by atoms with Crippen molar-refractivity contribution in [1.29, 1.82) is 0 Å². The molecule has 21 heavy (non-hydrogen) atoms. The van der Waals surface area contributed by atoms with Crippen LogP contribution in [-0.4, -0.2) is 19.9 Å². The zero-order chi connectivity index (χ0) is 14.8.